The number of rotatable bonds is 8. The molecular formula is C20H22N2O5. The zero-order valence-electron chi connectivity index (χ0n) is 15.2. The van der Waals surface area contributed by atoms with Gasteiger partial charge in [-0.05, 0) is 17.7 Å². The van der Waals surface area contributed by atoms with Crippen molar-refractivity contribution in [2.24, 2.45) is 0 Å². The number of carbonyl (C=O) groups excluding carboxylic acids is 2. The number of carboxylic acid groups (broad SMARTS) is 1. The number of likely N-dealkylation sites (N-methyl/N-ethyl adjacent to an activating group) is 1. The van der Waals surface area contributed by atoms with Crippen molar-refractivity contribution in [2.75, 3.05) is 27.2 Å². The maximum Gasteiger partial charge on any atom is 0.312 e. The molecule has 1 atom stereocenters. The van der Waals surface area contributed by atoms with Gasteiger partial charge in [-0.1, -0.05) is 42.5 Å². The molecule has 0 heterocycles. The quantitative estimate of drug-likeness (QED) is 0.738. The van der Waals surface area contributed by atoms with E-state index in [0.29, 0.717) is 5.56 Å². The summed E-state index contributed by atoms with van der Waals surface area (Å²) in [6.45, 7) is -0.262. The monoisotopic (exact) mass is 370 g/mol. The van der Waals surface area contributed by atoms with Gasteiger partial charge < -0.3 is 20.1 Å². The van der Waals surface area contributed by atoms with E-state index in [1.165, 1.54) is 4.90 Å². The predicted molar refractivity (Wildman–Crippen MR) is 99.8 cm³/mol. The van der Waals surface area contributed by atoms with Crippen LogP contribution in [0.1, 0.15) is 21.8 Å². The Hall–Kier alpha value is -3.35. The fraction of sp³-hybridized carbons (Fsp3) is 0.250. The number of para-hydroxylation sites is 1. The Morgan fingerprint density at radius 2 is 1.67 bits per heavy atom. The van der Waals surface area contributed by atoms with Crippen molar-refractivity contribution in [3.05, 3.63) is 65.7 Å². The maximum atomic E-state index is 12.5. The van der Waals surface area contributed by atoms with Crippen LogP contribution in [0.3, 0.4) is 0 Å². The average molecular weight is 370 g/mol. The highest BCUT2D eigenvalue weighted by atomic mass is 16.5. The number of nitrogens with one attached hydrogen (secondary N) is 1. The molecule has 7 heteroatoms. The Morgan fingerprint density at radius 1 is 1.04 bits per heavy atom. The van der Waals surface area contributed by atoms with Gasteiger partial charge in [0.2, 0.25) is 0 Å². The van der Waals surface area contributed by atoms with E-state index >= 15 is 0 Å². The van der Waals surface area contributed by atoms with Crippen LogP contribution >= 0.6 is 0 Å². The van der Waals surface area contributed by atoms with Crippen LogP contribution in [0.15, 0.2) is 54.6 Å². The van der Waals surface area contributed by atoms with Gasteiger partial charge in [0.15, 0.2) is 6.61 Å². The molecular weight excluding hydrogens is 348 g/mol. The van der Waals surface area contributed by atoms with Crippen LogP contribution in [0, 0.1) is 0 Å². The number of nitrogens with zero attached hydrogens (tertiary/aromatic N) is 1. The van der Waals surface area contributed by atoms with Crippen LogP contribution in [-0.2, 0) is 9.59 Å². The predicted octanol–water partition coefficient (Wildman–Crippen LogP) is 1.75. The van der Waals surface area contributed by atoms with E-state index in [0.717, 1.165) is 0 Å². The lowest BCUT2D eigenvalue weighted by molar-refractivity contribution is -0.138. The third-order valence-corrected chi connectivity index (χ3v) is 3.95. The molecule has 2 amide bonds. The molecule has 142 valence electrons. The summed E-state index contributed by atoms with van der Waals surface area (Å²) in [6.07, 6.45) is 0. The van der Waals surface area contributed by atoms with Gasteiger partial charge in [-0.15, -0.1) is 0 Å². The first-order valence-electron chi connectivity index (χ1n) is 8.38. The fourth-order valence-corrected chi connectivity index (χ4v) is 2.37. The van der Waals surface area contributed by atoms with E-state index in [1.807, 2.05) is 0 Å². The standard InChI is InChI=1S/C20H22N2O5/c1-22(2)18(23)13-27-17-11-7-6-10-15(17)19(24)21-12-16(20(25)26)14-8-4-3-5-9-14/h3-11,16H,12-13H2,1-2H3,(H,21,24)(H,25,26). The molecule has 0 saturated heterocycles. The van der Waals surface area contributed by atoms with E-state index in [-0.39, 0.29) is 30.4 Å². The number of carbonyl (C=O) groups is 3. The third-order valence-electron chi connectivity index (χ3n) is 3.95. The van der Waals surface area contributed by atoms with Gasteiger partial charge >= 0.3 is 5.97 Å². The van der Waals surface area contributed by atoms with Gasteiger partial charge in [0.25, 0.3) is 11.8 Å². The number of carboxylic acids is 1. The molecule has 0 aliphatic carbocycles. The number of amides is 2. The normalized spacial score (nSPS) is 11.3. The van der Waals surface area contributed by atoms with Crippen LogP contribution in [0.2, 0.25) is 0 Å². The number of benzene rings is 2. The topological polar surface area (TPSA) is 95.9 Å². The lowest BCUT2D eigenvalue weighted by Gasteiger charge is -2.16. The molecule has 0 bridgehead atoms. The van der Waals surface area contributed by atoms with Crippen molar-refractivity contribution in [1.29, 1.82) is 0 Å². The van der Waals surface area contributed by atoms with Gasteiger partial charge in [-0.3, -0.25) is 14.4 Å². The van der Waals surface area contributed by atoms with E-state index < -0.39 is 17.8 Å². The minimum absolute atomic E-state index is 0.0663. The first-order chi connectivity index (χ1) is 12.9. The van der Waals surface area contributed by atoms with E-state index in [1.54, 1.807) is 68.7 Å². The average Bonchev–Trinajstić information content (AvgIpc) is 2.66. The van der Waals surface area contributed by atoms with E-state index in [4.69, 9.17) is 4.74 Å². The van der Waals surface area contributed by atoms with Gasteiger partial charge in [0, 0.05) is 20.6 Å². The summed E-state index contributed by atoms with van der Waals surface area (Å²) in [4.78, 5) is 37.1. The Balaban J connectivity index is 2.07. The SMILES string of the molecule is CN(C)C(=O)COc1ccccc1C(=O)NCC(C(=O)O)c1ccccc1. The van der Waals surface area contributed by atoms with Gasteiger partial charge in [-0.25, -0.2) is 0 Å². The molecule has 2 aromatic rings. The summed E-state index contributed by atoms with van der Waals surface area (Å²) in [6, 6.07) is 15.2. The molecule has 0 aromatic heterocycles. The second kappa shape index (κ2) is 9.38. The van der Waals surface area contributed by atoms with Gasteiger partial charge in [0.1, 0.15) is 5.75 Å². The maximum absolute atomic E-state index is 12.5. The van der Waals surface area contributed by atoms with Crippen molar-refractivity contribution < 1.29 is 24.2 Å². The Kier molecular flexibility index (Phi) is 6.93. The first kappa shape index (κ1) is 20.0. The van der Waals surface area contributed by atoms with Crippen LogP contribution in [-0.4, -0.2) is 55.0 Å². The number of ether oxygens (including phenoxy) is 1. The van der Waals surface area contributed by atoms with Crippen LogP contribution in [0.4, 0.5) is 0 Å². The van der Waals surface area contributed by atoms with Gasteiger partial charge in [-0.2, -0.15) is 0 Å². The fourth-order valence-electron chi connectivity index (χ4n) is 2.37. The summed E-state index contributed by atoms with van der Waals surface area (Å²) in [5, 5.41) is 12.1. The summed E-state index contributed by atoms with van der Waals surface area (Å²) in [5.74, 6) is -2.33. The van der Waals surface area contributed by atoms with Crippen molar-refractivity contribution in [3.8, 4) is 5.75 Å². The molecule has 1 unspecified atom stereocenters. The van der Waals surface area contributed by atoms with Crippen molar-refractivity contribution in [3.63, 3.8) is 0 Å². The Bertz CT molecular complexity index is 805. The molecule has 0 fully saturated rings. The molecule has 27 heavy (non-hydrogen) atoms. The van der Waals surface area contributed by atoms with Gasteiger partial charge in [0.05, 0.1) is 11.5 Å². The van der Waals surface area contributed by atoms with Crippen LogP contribution < -0.4 is 10.1 Å². The Morgan fingerprint density at radius 3 is 2.30 bits per heavy atom. The summed E-state index contributed by atoms with van der Waals surface area (Å²) < 4.78 is 5.45. The van der Waals surface area contributed by atoms with Crippen molar-refractivity contribution in [1.82, 2.24) is 10.2 Å². The van der Waals surface area contributed by atoms with Crippen molar-refractivity contribution in [2.45, 2.75) is 5.92 Å². The molecule has 2 rings (SSSR count). The van der Waals surface area contributed by atoms with E-state index in [2.05, 4.69) is 5.32 Å². The molecule has 7 nitrogen and oxygen atoms in total. The molecule has 2 aromatic carbocycles. The zero-order valence-corrected chi connectivity index (χ0v) is 15.2. The Labute approximate surface area is 157 Å². The highest BCUT2D eigenvalue weighted by molar-refractivity contribution is 5.97. The summed E-state index contributed by atoms with van der Waals surface area (Å²) >= 11 is 0. The van der Waals surface area contributed by atoms with E-state index in [9.17, 15) is 19.5 Å². The van der Waals surface area contributed by atoms with Crippen molar-refractivity contribution >= 4 is 17.8 Å². The lowest BCUT2D eigenvalue weighted by atomic mass is 9.99. The smallest absolute Gasteiger partial charge is 0.312 e. The highest BCUT2D eigenvalue weighted by Gasteiger charge is 2.22. The summed E-state index contributed by atoms with van der Waals surface area (Å²) in [7, 11) is 3.22. The molecule has 0 aliphatic rings. The largest absolute Gasteiger partial charge is 0.483 e. The minimum Gasteiger partial charge on any atom is -0.483 e. The molecule has 0 radical (unpaired) electrons. The molecule has 0 spiro atoms. The summed E-state index contributed by atoms with van der Waals surface area (Å²) in [5.41, 5.74) is 0.840. The number of hydrogen-bond acceptors (Lipinski definition) is 4. The third kappa shape index (κ3) is 5.57. The lowest BCUT2D eigenvalue weighted by Crippen LogP contribution is -2.32. The van der Waals surface area contributed by atoms with Crippen LogP contribution in [0.5, 0.6) is 5.75 Å². The first-order valence-corrected chi connectivity index (χ1v) is 8.38. The highest BCUT2D eigenvalue weighted by Crippen LogP contribution is 2.19. The molecule has 2 N–H and O–H groups in total. The minimum atomic E-state index is -1.03. The zero-order chi connectivity index (χ0) is 19.8. The second-order valence-electron chi connectivity index (χ2n) is 6.08. The number of aliphatic carboxylic acids is 1. The second-order valence-corrected chi connectivity index (χ2v) is 6.08. The number of hydrogen-bond donors (Lipinski definition) is 2. The molecule has 0 aliphatic heterocycles. The molecule has 0 saturated carbocycles. The van der Waals surface area contributed by atoms with Crippen LogP contribution in [0.25, 0.3) is 0 Å².